The topological polar surface area (TPSA) is 49.6 Å². The molecule has 1 aromatic heterocycles. The maximum absolute atomic E-state index is 12.5. The number of fused-ring (bicyclic) bond motifs is 1. The van der Waals surface area contributed by atoms with Crippen LogP contribution in [0.15, 0.2) is 59.0 Å². The molecule has 1 saturated heterocycles. The number of hydrogen-bond donors (Lipinski definition) is 0. The molecule has 3 aromatic rings. The summed E-state index contributed by atoms with van der Waals surface area (Å²) in [7, 11) is 0. The Kier molecular flexibility index (Phi) is 3.46. The van der Waals surface area contributed by atoms with Gasteiger partial charge in [0.25, 0.3) is 11.9 Å². The van der Waals surface area contributed by atoms with E-state index >= 15 is 0 Å². The molecule has 23 heavy (non-hydrogen) atoms. The summed E-state index contributed by atoms with van der Waals surface area (Å²) in [5.41, 5.74) is 2.40. The molecule has 5 heteroatoms. The Morgan fingerprint density at radius 2 is 1.61 bits per heavy atom. The van der Waals surface area contributed by atoms with Crippen molar-refractivity contribution >= 4 is 23.0 Å². The number of amides is 1. The summed E-state index contributed by atoms with van der Waals surface area (Å²) in [5.74, 6) is 0.0859. The third-order valence-electron chi connectivity index (χ3n) is 4.14. The largest absolute Gasteiger partial charge is 0.423 e. The van der Waals surface area contributed by atoms with Crippen LogP contribution in [0.5, 0.6) is 0 Å². The molecule has 0 N–H and O–H groups in total. The van der Waals surface area contributed by atoms with Gasteiger partial charge in [-0.25, -0.2) is 0 Å². The van der Waals surface area contributed by atoms with E-state index in [1.165, 1.54) is 0 Å². The zero-order valence-electron chi connectivity index (χ0n) is 12.7. The number of carbonyl (C=O) groups excluding carboxylic acids is 1. The van der Waals surface area contributed by atoms with E-state index in [9.17, 15) is 4.79 Å². The Hall–Kier alpha value is -2.82. The Morgan fingerprint density at radius 1 is 0.913 bits per heavy atom. The highest BCUT2D eigenvalue weighted by atomic mass is 16.4. The van der Waals surface area contributed by atoms with Gasteiger partial charge in [0.05, 0.1) is 0 Å². The van der Waals surface area contributed by atoms with Crippen LogP contribution in [-0.2, 0) is 0 Å². The minimum absolute atomic E-state index is 0.0859. The monoisotopic (exact) mass is 307 g/mol. The Labute approximate surface area is 134 Å². The van der Waals surface area contributed by atoms with E-state index in [1.54, 1.807) is 0 Å². The van der Waals surface area contributed by atoms with Crippen molar-refractivity contribution in [1.82, 2.24) is 9.88 Å². The molecule has 1 aliphatic heterocycles. The van der Waals surface area contributed by atoms with Crippen LogP contribution in [0.25, 0.3) is 11.1 Å². The number of carbonyl (C=O) groups is 1. The van der Waals surface area contributed by atoms with Crippen molar-refractivity contribution in [2.24, 2.45) is 0 Å². The lowest BCUT2D eigenvalue weighted by atomic mass is 10.2. The normalized spacial score (nSPS) is 15.1. The fourth-order valence-electron chi connectivity index (χ4n) is 2.86. The van der Waals surface area contributed by atoms with E-state index in [1.807, 2.05) is 59.5 Å². The van der Waals surface area contributed by atoms with Gasteiger partial charge in [0.1, 0.15) is 5.52 Å². The molecule has 116 valence electrons. The molecule has 1 amide bonds. The Bertz CT molecular complexity index is 787. The van der Waals surface area contributed by atoms with Crippen LogP contribution in [0.2, 0.25) is 0 Å². The third kappa shape index (κ3) is 2.65. The summed E-state index contributed by atoms with van der Waals surface area (Å²) in [6, 6.07) is 17.8. The smallest absolute Gasteiger partial charge is 0.298 e. The van der Waals surface area contributed by atoms with Crippen LogP contribution in [0.1, 0.15) is 10.4 Å². The first kappa shape index (κ1) is 13.8. The van der Waals surface area contributed by atoms with E-state index in [0.29, 0.717) is 19.1 Å². The lowest BCUT2D eigenvalue weighted by molar-refractivity contribution is 0.0745. The predicted octanol–water partition coefficient (Wildman–Crippen LogP) is 2.79. The van der Waals surface area contributed by atoms with E-state index in [4.69, 9.17) is 4.42 Å². The average molecular weight is 307 g/mol. The van der Waals surface area contributed by atoms with Gasteiger partial charge in [-0.2, -0.15) is 4.98 Å². The second-order valence-electron chi connectivity index (χ2n) is 5.61. The van der Waals surface area contributed by atoms with Crippen LogP contribution in [0.4, 0.5) is 6.01 Å². The zero-order chi connectivity index (χ0) is 15.6. The van der Waals surface area contributed by atoms with Gasteiger partial charge in [-0.05, 0) is 24.3 Å². The van der Waals surface area contributed by atoms with Crippen molar-refractivity contribution in [3.05, 3.63) is 60.2 Å². The van der Waals surface area contributed by atoms with E-state index in [0.717, 1.165) is 29.8 Å². The molecule has 0 unspecified atom stereocenters. The summed E-state index contributed by atoms with van der Waals surface area (Å²) in [6.07, 6.45) is 0. The van der Waals surface area contributed by atoms with Crippen LogP contribution in [0, 0.1) is 0 Å². The number of rotatable bonds is 2. The minimum Gasteiger partial charge on any atom is -0.423 e. The van der Waals surface area contributed by atoms with Crippen molar-refractivity contribution in [2.75, 3.05) is 31.1 Å². The van der Waals surface area contributed by atoms with Gasteiger partial charge in [0.2, 0.25) is 0 Å². The highest BCUT2D eigenvalue weighted by Gasteiger charge is 2.24. The summed E-state index contributed by atoms with van der Waals surface area (Å²) >= 11 is 0. The average Bonchev–Trinajstić information content (AvgIpc) is 3.06. The van der Waals surface area contributed by atoms with Gasteiger partial charge in [0.15, 0.2) is 5.58 Å². The molecule has 0 spiro atoms. The Balaban J connectivity index is 1.45. The predicted molar refractivity (Wildman–Crippen MR) is 88.6 cm³/mol. The van der Waals surface area contributed by atoms with Crippen LogP contribution >= 0.6 is 0 Å². The standard InChI is InChI=1S/C18H17N3O2/c22-17(14-6-2-1-3-7-14)20-10-12-21(13-11-20)18-19-15-8-4-5-9-16(15)23-18/h1-9H,10-13H2. The fourth-order valence-corrected chi connectivity index (χ4v) is 2.86. The van der Waals surface area contributed by atoms with Crippen LogP contribution < -0.4 is 4.90 Å². The lowest BCUT2D eigenvalue weighted by Crippen LogP contribution is -2.48. The van der Waals surface area contributed by atoms with E-state index in [-0.39, 0.29) is 5.91 Å². The molecule has 0 aliphatic carbocycles. The second-order valence-corrected chi connectivity index (χ2v) is 5.61. The van der Waals surface area contributed by atoms with Crippen molar-refractivity contribution in [3.8, 4) is 0 Å². The first-order valence-electron chi connectivity index (χ1n) is 7.76. The van der Waals surface area contributed by atoms with Crippen molar-refractivity contribution in [2.45, 2.75) is 0 Å². The Morgan fingerprint density at radius 3 is 2.35 bits per heavy atom. The van der Waals surface area contributed by atoms with Gasteiger partial charge >= 0.3 is 0 Å². The van der Waals surface area contributed by atoms with Gasteiger partial charge in [0, 0.05) is 31.7 Å². The number of anilines is 1. The number of aromatic nitrogens is 1. The summed E-state index contributed by atoms with van der Waals surface area (Å²) in [5, 5.41) is 0. The van der Waals surface area contributed by atoms with Crippen molar-refractivity contribution in [1.29, 1.82) is 0 Å². The number of oxazole rings is 1. The van der Waals surface area contributed by atoms with Gasteiger partial charge in [-0.3, -0.25) is 4.79 Å². The molecule has 2 heterocycles. The summed E-state index contributed by atoms with van der Waals surface area (Å²) < 4.78 is 5.80. The number of benzene rings is 2. The molecule has 5 nitrogen and oxygen atoms in total. The maximum Gasteiger partial charge on any atom is 0.298 e. The number of hydrogen-bond acceptors (Lipinski definition) is 4. The summed E-state index contributed by atoms with van der Waals surface area (Å²) in [4.78, 5) is 20.9. The highest BCUT2D eigenvalue weighted by molar-refractivity contribution is 5.94. The van der Waals surface area contributed by atoms with E-state index < -0.39 is 0 Å². The lowest BCUT2D eigenvalue weighted by Gasteiger charge is -2.33. The number of nitrogens with zero attached hydrogens (tertiary/aromatic N) is 3. The van der Waals surface area contributed by atoms with Gasteiger partial charge in [-0.1, -0.05) is 30.3 Å². The SMILES string of the molecule is O=C(c1ccccc1)N1CCN(c2nc3ccccc3o2)CC1. The van der Waals surface area contributed by atoms with E-state index in [2.05, 4.69) is 9.88 Å². The minimum atomic E-state index is 0.0859. The van der Waals surface area contributed by atoms with Crippen LogP contribution in [-0.4, -0.2) is 42.0 Å². The molecule has 0 saturated carbocycles. The molecule has 1 aliphatic rings. The van der Waals surface area contributed by atoms with Gasteiger partial charge in [-0.15, -0.1) is 0 Å². The second kappa shape index (κ2) is 5.76. The molecule has 0 bridgehead atoms. The van der Waals surface area contributed by atoms with Crippen LogP contribution in [0.3, 0.4) is 0 Å². The van der Waals surface area contributed by atoms with Crippen molar-refractivity contribution in [3.63, 3.8) is 0 Å². The maximum atomic E-state index is 12.5. The summed E-state index contributed by atoms with van der Waals surface area (Å²) in [6.45, 7) is 2.80. The molecule has 4 rings (SSSR count). The molecule has 1 fully saturated rings. The molecular formula is C18H17N3O2. The molecule has 2 aromatic carbocycles. The molecular weight excluding hydrogens is 290 g/mol. The zero-order valence-corrected chi connectivity index (χ0v) is 12.7. The quantitative estimate of drug-likeness (QED) is 0.730. The number of piperazine rings is 1. The fraction of sp³-hybridized carbons (Fsp3) is 0.222. The number of para-hydroxylation sites is 2. The molecule has 0 atom stereocenters. The highest BCUT2D eigenvalue weighted by Crippen LogP contribution is 2.22. The van der Waals surface area contributed by atoms with Crippen molar-refractivity contribution < 1.29 is 9.21 Å². The first-order chi connectivity index (χ1) is 11.3. The third-order valence-corrected chi connectivity index (χ3v) is 4.14. The first-order valence-corrected chi connectivity index (χ1v) is 7.76. The molecule has 0 radical (unpaired) electrons. The van der Waals surface area contributed by atoms with Gasteiger partial charge < -0.3 is 14.2 Å².